The summed E-state index contributed by atoms with van der Waals surface area (Å²) in [5.41, 5.74) is 4.66. The van der Waals surface area contributed by atoms with E-state index in [1.54, 1.807) is 11.3 Å². The molecule has 0 fully saturated rings. The van der Waals surface area contributed by atoms with Gasteiger partial charge >= 0.3 is 0 Å². The van der Waals surface area contributed by atoms with Crippen LogP contribution in [-0.4, -0.2) is 15.1 Å². The summed E-state index contributed by atoms with van der Waals surface area (Å²) in [6, 6.07) is 6.29. The Labute approximate surface area is 126 Å². The molecule has 3 aromatic rings. The van der Waals surface area contributed by atoms with Gasteiger partial charge in [-0.3, -0.25) is 0 Å². The van der Waals surface area contributed by atoms with E-state index in [1.165, 1.54) is 11.1 Å². The van der Waals surface area contributed by atoms with Crippen LogP contribution in [0.2, 0.25) is 0 Å². The topological polar surface area (TPSA) is 63.8 Å². The standard InChI is InChI=1S/C15H14N4OS/c1-9-8-21-14(17-9)5-13-18-15(20-19-13)10-2-3-11-6-16-7-12(11)4-10/h2-4,8,16H,5-7H2,1H3. The molecule has 2 aromatic heterocycles. The fourth-order valence-corrected chi connectivity index (χ4v) is 3.26. The van der Waals surface area contributed by atoms with Crippen molar-refractivity contribution >= 4 is 11.3 Å². The van der Waals surface area contributed by atoms with Gasteiger partial charge in [0.25, 0.3) is 5.89 Å². The molecule has 21 heavy (non-hydrogen) atoms. The van der Waals surface area contributed by atoms with Gasteiger partial charge in [-0.05, 0) is 30.2 Å². The van der Waals surface area contributed by atoms with E-state index in [-0.39, 0.29) is 0 Å². The summed E-state index contributed by atoms with van der Waals surface area (Å²) in [5.74, 6) is 1.26. The van der Waals surface area contributed by atoms with Crippen molar-refractivity contribution in [3.05, 3.63) is 51.2 Å². The molecule has 1 aromatic carbocycles. The van der Waals surface area contributed by atoms with Crippen LogP contribution >= 0.6 is 11.3 Å². The molecular formula is C15H14N4OS. The van der Waals surface area contributed by atoms with Crippen LogP contribution in [0.3, 0.4) is 0 Å². The number of nitrogens with one attached hydrogen (secondary N) is 1. The Kier molecular flexibility index (Phi) is 3.05. The second kappa shape index (κ2) is 5.05. The summed E-state index contributed by atoms with van der Waals surface area (Å²) in [7, 11) is 0. The summed E-state index contributed by atoms with van der Waals surface area (Å²) in [5, 5.41) is 10.4. The van der Waals surface area contributed by atoms with Crippen molar-refractivity contribution < 1.29 is 4.52 Å². The van der Waals surface area contributed by atoms with E-state index in [0.717, 1.165) is 29.4 Å². The lowest BCUT2D eigenvalue weighted by molar-refractivity contribution is 0.424. The monoisotopic (exact) mass is 298 g/mol. The number of hydrogen-bond donors (Lipinski definition) is 1. The van der Waals surface area contributed by atoms with Crippen LogP contribution in [0.25, 0.3) is 11.5 Å². The van der Waals surface area contributed by atoms with E-state index in [9.17, 15) is 0 Å². The van der Waals surface area contributed by atoms with E-state index < -0.39 is 0 Å². The maximum atomic E-state index is 5.38. The average Bonchev–Trinajstić information content (AvgIpc) is 3.19. The van der Waals surface area contributed by atoms with Crippen LogP contribution in [0.5, 0.6) is 0 Å². The number of aromatic nitrogens is 3. The van der Waals surface area contributed by atoms with Crippen molar-refractivity contribution in [2.45, 2.75) is 26.4 Å². The largest absolute Gasteiger partial charge is 0.334 e. The van der Waals surface area contributed by atoms with Gasteiger partial charge in [0.15, 0.2) is 5.82 Å². The highest BCUT2D eigenvalue weighted by molar-refractivity contribution is 7.09. The third-order valence-electron chi connectivity index (χ3n) is 3.53. The predicted octanol–water partition coefficient (Wildman–Crippen LogP) is 2.70. The zero-order chi connectivity index (χ0) is 14.2. The first-order valence-corrected chi connectivity index (χ1v) is 7.72. The number of nitrogens with zero attached hydrogens (tertiary/aromatic N) is 3. The lowest BCUT2D eigenvalue weighted by Gasteiger charge is -1.99. The molecule has 6 heteroatoms. The van der Waals surface area contributed by atoms with Crippen molar-refractivity contribution in [3.63, 3.8) is 0 Å². The minimum atomic E-state index is 0.577. The molecule has 0 saturated carbocycles. The van der Waals surface area contributed by atoms with E-state index in [1.807, 2.05) is 18.4 Å². The van der Waals surface area contributed by atoms with Crippen molar-refractivity contribution in [2.75, 3.05) is 0 Å². The Morgan fingerprint density at radius 3 is 3.00 bits per heavy atom. The van der Waals surface area contributed by atoms with E-state index in [4.69, 9.17) is 4.52 Å². The summed E-state index contributed by atoms with van der Waals surface area (Å²) < 4.78 is 5.38. The second-order valence-corrected chi connectivity index (χ2v) is 6.10. The summed E-state index contributed by atoms with van der Waals surface area (Å²) in [6.45, 7) is 3.83. The van der Waals surface area contributed by atoms with Gasteiger partial charge in [0.05, 0.1) is 6.42 Å². The highest BCUT2D eigenvalue weighted by Crippen LogP contribution is 2.24. The zero-order valence-electron chi connectivity index (χ0n) is 11.6. The number of fused-ring (bicyclic) bond motifs is 1. The molecular weight excluding hydrogens is 284 g/mol. The molecule has 4 rings (SSSR count). The Balaban J connectivity index is 1.59. The molecule has 0 bridgehead atoms. The first kappa shape index (κ1) is 12.7. The summed E-state index contributed by atoms with van der Waals surface area (Å²) >= 11 is 1.62. The van der Waals surface area contributed by atoms with Gasteiger partial charge in [-0.1, -0.05) is 11.2 Å². The Bertz CT molecular complexity index is 793. The Hall–Kier alpha value is -2.05. The number of hydrogen-bond acceptors (Lipinski definition) is 6. The maximum Gasteiger partial charge on any atom is 0.257 e. The van der Waals surface area contributed by atoms with Gasteiger partial charge in [-0.25, -0.2) is 4.98 Å². The maximum absolute atomic E-state index is 5.38. The van der Waals surface area contributed by atoms with Crippen LogP contribution in [0.15, 0.2) is 28.1 Å². The molecule has 106 valence electrons. The number of aryl methyl sites for hydroxylation is 1. The van der Waals surface area contributed by atoms with E-state index in [2.05, 4.69) is 32.6 Å². The Morgan fingerprint density at radius 2 is 2.14 bits per heavy atom. The van der Waals surface area contributed by atoms with Gasteiger partial charge in [0.1, 0.15) is 5.01 Å². The molecule has 0 saturated heterocycles. The fraction of sp³-hybridized carbons (Fsp3) is 0.267. The van der Waals surface area contributed by atoms with Gasteiger partial charge in [-0.15, -0.1) is 11.3 Å². The first-order chi connectivity index (χ1) is 10.3. The zero-order valence-corrected chi connectivity index (χ0v) is 12.4. The lowest BCUT2D eigenvalue weighted by Crippen LogP contribution is -1.99. The van der Waals surface area contributed by atoms with Crippen molar-refractivity contribution in [2.24, 2.45) is 0 Å². The van der Waals surface area contributed by atoms with E-state index >= 15 is 0 Å². The summed E-state index contributed by atoms with van der Waals surface area (Å²) in [6.07, 6.45) is 0.620. The van der Waals surface area contributed by atoms with Crippen molar-refractivity contribution in [1.29, 1.82) is 0 Å². The molecule has 3 heterocycles. The lowest BCUT2D eigenvalue weighted by atomic mass is 10.1. The van der Waals surface area contributed by atoms with Gasteiger partial charge in [0.2, 0.25) is 0 Å². The Morgan fingerprint density at radius 1 is 1.24 bits per heavy atom. The van der Waals surface area contributed by atoms with Crippen LogP contribution in [-0.2, 0) is 19.5 Å². The minimum absolute atomic E-state index is 0.577. The number of thiazole rings is 1. The van der Waals surface area contributed by atoms with Gasteiger partial charge < -0.3 is 9.84 Å². The first-order valence-electron chi connectivity index (χ1n) is 6.84. The van der Waals surface area contributed by atoms with Crippen LogP contribution in [0.4, 0.5) is 0 Å². The molecule has 0 atom stereocenters. The molecule has 0 amide bonds. The molecule has 0 aliphatic carbocycles. The number of rotatable bonds is 3. The normalized spacial score (nSPS) is 13.6. The molecule has 1 aliphatic heterocycles. The molecule has 0 spiro atoms. The van der Waals surface area contributed by atoms with Gasteiger partial charge in [0, 0.05) is 29.7 Å². The van der Waals surface area contributed by atoms with E-state index in [0.29, 0.717) is 18.1 Å². The third-order valence-corrected chi connectivity index (χ3v) is 4.49. The molecule has 1 aliphatic rings. The SMILES string of the molecule is Cc1csc(Cc2noc(-c3ccc4c(c3)CNC4)n2)n1. The minimum Gasteiger partial charge on any atom is -0.334 e. The van der Waals surface area contributed by atoms with Crippen LogP contribution < -0.4 is 5.32 Å². The molecule has 0 radical (unpaired) electrons. The van der Waals surface area contributed by atoms with Crippen LogP contribution in [0, 0.1) is 6.92 Å². The highest BCUT2D eigenvalue weighted by Gasteiger charge is 2.15. The predicted molar refractivity (Wildman–Crippen MR) is 79.9 cm³/mol. The second-order valence-electron chi connectivity index (χ2n) is 5.16. The van der Waals surface area contributed by atoms with Gasteiger partial charge in [-0.2, -0.15) is 4.98 Å². The quantitative estimate of drug-likeness (QED) is 0.805. The molecule has 1 N–H and O–H groups in total. The summed E-state index contributed by atoms with van der Waals surface area (Å²) in [4.78, 5) is 8.90. The fourth-order valence-electron chi connectivity index (χ4n) is 2.49. The molecule has 0 unspecified atom stereocenters. The number of benzene rings is 1. The third kappa shape index (κ3) is 2.48. The molecule has 5 nitrogen and oxygen atoms in total. The van der Waals surface area contributed by atoms with Crippen molar-refractivity contribution in [1.82, 2.24) is 20.4 Å². The highest BCUT2D eigenvalue weighted by atomic mass is 32.1. The smallest absolute Gasteiger partial charge is 0.257 e. The average molecular weight is 298 g/mol. The van der Waals surface area contributed by atoms with Crippen molar-refractivity contribution in [3.8, 4) is 11.5 Å². The van der Waals surface area contributed by atoms with Crippen LogP contribution in [0.1, 0.15) is 27.7 Å².